The number of urea groups is 1. The maximum absolute atomic E-state index is 13.8. The molecule has 0 bridgehead atoms. The second kappa shape index (κ2) is 14.2. The number of rotatable bonds is 7. The summed E-state index contributed by atoms with van der Waals surface area (Å²) in [5.41, 5.74) is 3.55. The summed E-state index contributed by atoms with van der Waals surface area (Å²) in [6.45, 7) is 10.4. The predicted octanol–water partition coefficient (Wildman–Crippen LogP) is 6.72. The Hall–Kier alpha value is -4.06. The number of likely N-dealkylation sites (tertiary alicyclic amines) is 1. The quantitative estimate of drug-likeness (QED) is 0.333. The topological polar surface area (TPSA) is 110 Å². The van der Waals surface area contributed by atoms with E-state index in [1.807, 2.05) is 49.9 Å². The van der Waals surface area contributed by atoms with Crippen molar-refractivity contribution in [3.05, 3.63) is 75.9 Å². The number of ether oxygens (including phenoxy) is 1. The van der Waals surface area contributed by atoms with Crippen LogP contribution in [0.5, 0.6) is 0 Å². The summed E-state index contributed by atoms with van der Waals surface area (Å²) in [7, 11) is 0. The van der Waals surface area contributed by atoms with Crippen LogP contribution in [0, 0.1) is 0 Å². The summed E-state index contributed by atoms with van der Waals surface area (Å²) in [5.74, 6) is -0.335. The number of hydrogen-bond donors (Lipinski definition) is 2. The molecule has 2 N–H and O–H groups in total. The van der Waals surface area contributed by atoms with E-state index in [4.69, 9.17) is 27.9 Å². The molecular formula is C35H41Cl2N7O4. The van der Waals surface area contributed by atoms with Crippen molar-refractivity contribution in [3.8, 4) is 0 Å². The molecule has 48 heavy (non-hydrogen) atoms. The minimum absolute atomic E-state index is 0.154. The molecule has 4 aliphatic heterocycles. The summed E-state index contributed by atoms with van der Waals surface area (Å²) >= 11 is 12.8. The summed E-state index contributed by atoms with van der Waals surface area (Å²) in [5, 5.41) is 6.89. The average molecular weight is 695 g/mol. The number of hydrogen-bond acceptors (Lipinski definition) is 7. The van der Waals surface area contributed by atoms with E-state index in [-0.39, 0.29) is 24.6 Å². The van der Waals surface area contributed by atoms with Gasteiger partial charge in [-0.1, -0.05) is 35.3 Å². The van der Waals surface area contributed by atoms with Crippen LogP contribution in [-0.2, 0) is 4.74 Å². The molecule has 0 saturated carbocycles. The van der Waals surface area contributed by atoms with Gasteiger partial charge in [0.25, 0.3) is 5.91 Å². The Balaban J connectivity index is 1.25. The van der Waals surface area contributed by atoms with Gasteiger partial charge in [0.2, 0.25) is 0 Å². The highest BCUT2D eigenvalue weighted by atomic mass is 35.5. The zero-order valence-electron chi connectivity index (χ0n) is 27.5. The monoisotopic (exact) mass is 693 g/mol. The summed E-state index contributed by atoms with van der Waals surface area (Å²) < 4.78 is 5.57. The second-order valence-electron chi connectivity index (χ2n) is 13.3. The number of halogens is 2. The molecule has 0 spiro atoms. The van der Waals surface area contributed by atoms with E-state index in [0.29, 0.717) is 58.9 Å². The number of nitrogens with one attached hydrogen (secondary N) is 2. The Morgan fingerprint density at radius 2 is 1.67 bits per heavy atom. The number of aliphatic imine (C=N–C) groups is 1. The summed E-state index contributed by atoms with van der Waals surface area (Å²) in [6.07, 6.45) is 6.85. The Kier molecular flexibility index (Phi) is 10.0. The summed E-state index contributed by atoms with van der Waals surface area (Å²) in [4.78, 5) is 52.1. The molecule has 4 heterocycles. The lowest BCUT2D eigenvalue weighted by molar-refractivity contribution is 0.0240. The minimum Gasteiger partial charge on any atom is -0.444 e. The van der Waals surface area contributed by atoms with Gasteiger partial charge in [0.15, 0.2) is 0 Å². The van der Waals surface area contributed by atoms with Crippen LogP contribution in [0.1, 0.15) is 55.6 Å². The lowest BCUT2D eigenvalue weighted by Gasteiger charge is -2.41. The highest BCUT2D eigenvalue weighted by Crippen LogP contribution is 2.39. The number of benzene rings is 2. The van der Waals surface area contributed by atoms with Gasteiger partial charge in [0.1, 0.15) is 5.60 Å². The number of piperazine rings is 1. The number of anilines is 3. The molecule has 0 aromatic heterocycles. The smallest absolute Gasteiger partial charge is 0.410 e. The molecule has 6 rings (SSSR count). The molecule has 2 fully saturated rings. The van der Waals surface area contributed by atoms with E-state index in [1.54, 1.807) is 35.4 Å². The number of amides is 4. The molecule has 13 heteroatoms. The predicted molar refractivity (Wildman–Crippen MR) is 191 cm³/mol. The average Bonchev–Trinajstić information content (AvgIpc) is 2.99. The molecular weight excluding hydrogens is 653 g/mol. The first-order valence-electron chi connectivity index (χ1n) is 16.3. The highest BCUT2D eigenvalue weighted by molar-refractivity contribution is 6.32. The van der Waals surface area contributed by atoms with Crippen molar-refractivity contribution >= 4 is 64.0 Å². The molecule has 2 aromatic carbocycles. The fourth-order valence-corrected chi connectivity index (χ4v) is 6.47. The van der Waals surface area contributed by atoms with E-state index in [2.05, 4.69) is 20.5 Å². The molecule has 4 aliphatic rings. The van der Waals surface area contributed by atoms with Gasteiger partial charge in [-0.2, -0.15) is 0 Å². The molecule has 4 amide bonds. The van der Waals surface area contributed by atoms with Crippen LogP contribution in [0.25, 0.3) is 0 Å². The van der Waals surface area contributed by atoms with Crippen LogP contribution >= 0.6 is 23.2 Å². The van der Waals surface area contributed by atoms with Gasteiger partial charge in [-0.15, -0.1) is 0 Å². The van der Waals surface area contributed by atoms with Crippen LogP contribution in [0.2, 0.25) is 5.02 Å². The highest BCUT2D eigenvalue weighted by Gasteiger charge is 2.32. The maximum atomic E-state index is 13.8. The second-order valence-corrected chi connectivity index (χ2v) is 14.2. The van der Waals surface area contributed by atoms with Crippen molar-refractivity contribution in [3.63, 3.8) is 0 Å². The van der Waals surface area contributed by atoms with E-state index < -0.39 is 11.6 Å². The molecule has 1 atom stereocenters. The largest absolute Gasteiger partial charge is 0.444 e. The number of carbonyl (C=O) groups excluding carboxylic acids is 3. The van der Waals surface area contributed by atoms with Crippen LogP contribution in [0.4, 0.5) is 26.7 Å². The molecule has 1 unspecified atom stereocenters. The first-order valence-corrected chi connectivity index (χ1v) is 17.1. The van der Waals surface area contributed by atoms with Crippen molar-refractivity contribution in [2.75, 3.05) is 67.9 Å². The Morgan fingerprint density at radius 3 is 2.25 bits per heavy atom. The van der Waals surface area contributed by atoms with Crippen LogP contribution in [0.15, 0.2) is 64.8 Å². The van der Waals surface area contributed by atoms with E-state index in [0.717, 1.165) is 31.6 Å². The lowest BCUT2D eigenvalue weighted by atomic mass is 9.92. The Labute approximate surface area is 291 Å². The molecule has 2 aromatic rings. The van der Waals surface area contributed by atoms with Gasteiger partial charge in [-0.05, 0) is 69.2 Å². The van der Waals surface area contributed by atoms with Crippen LogP contribution < -0.4 is 15.5 Å². The van der Waals surface area contributed by atoms with E-state index in [1.165, 1.54) is 17.0 Å². The minimum atomic E-state index is -0.603. The number of carbonyl (C=O) groups is 3. The fourth-order valence-electron chi connectivity index (χ4n) is 6.05. The standard InChI is InChI=1S/C35H41Cl2N7O4/c1-35(2,3)48-34(47)43-18-16-41(17-19-43)29-21-26(37)20-28(39-33(46)44-13-4-6-25(36)22-44)30(29)40-32(45)24-9-7-23(8-10-24)31(27-11-12-38-27)42-14-5-15-42/h4,6-10,13,20-21,31H,5,11-12,14-19,22H2,1-3H3,(H,39,46)(H,40,45). The fraction of sp³-hybridized carbons (Fsp3) is 0.429. The van der Waals surface area contributed by atoms with Gasteiger partial charge in [0.05, 0.1) is 29.6 Å². The van der Waals surface area contributed by atoms with Crippen LogP contribution in [0.3, 0.4) is 0 Å². The SMILES string of the molecule is CC(C)(C)OC(=O)N1CCN(c2cc(Cl)cc(NC(=O)N3C=CC=C(Cl)C3)c2NC(=O)c2ccc(C(C3=NCC3)N3CCC3)cc2)CC1. The van der Waals surface area contributed by atoms with Crippen molar-refractivity contribution in [2.24, 2.45) is 4.99 Å². The van der Waals surface area contributed by atoms with Crippen LogP contribution in [-0.4, -0.2) is 96.4 Å². The van der Waals surface area contributed by atoms with E-state index >= 15 is 0 Å². The Morgan fingerprint density at radius 1 is 0.958 bits per heavy atom. The van der Waals surface area contributed by atoms with Crippen molar-refractivity contribution in [1.82, 2.24) is 14.7 Å². The van der Waals surface area contributed by atoms with Gasteiger partial charge in [-0.3, -0.25) is 19.6 Å². The van der Waals surface area contributed by atoms with E-state index in [9.17, 15) is 14.4 Å². The van der Waals surface area contributed by atoms with Crippen molar-refractivity contribution in [1.29, 1.82) is 0 Å². The molecule has 0 aliphatic carbocycles. The summed E-state index contributed by atoms with van der Waals surface area (Å²) in [6, 6.07) is 10.8. The third kappa shape index (κ3) is 7.80. The first-order chi connectivity index (χ1) is 22.9. The molecule has 254 valence electrons. The van der Waals surface area contributed by atoms with Crippen molar-refractivity contribution in [2.45, 2.75) is 45.3 Å². The zero-order valence-corrected chi connectivity index (χ0v) is 29.0. The Bertz CT molecular complexity index is 1660. The van der Waals surface area contributed by atoms with Gasteiger partial charge in [-0.25, -0.2) is 9.59 Å². The maximum Gasteiger partial charge on any atom is 0.410 e. The molecule has 0 radical (unpaired) electrons. The van der Waals surface area contributed by atoms with Gasteiger partial charge >= 0.3 is 12.1 Å². The number of nitrogens with zero attached hydrogens (tertiary/aromatic N) is 5. The third-order valence-corrected chi connectivity index (χ3v) is 9.17. The van der Waals surface area contributed by atoms with Crippen molar-refractivity contribution < 1.29 is 19.1 Å². The normalized spacial score (nSPS) is 18.6. The number of allylic oxidation sites excluding steroid dienone is 2. The van der Waals surface area contributed by atoms with Gasteiger partial charge < -0.3 is 25.2 Å². The van der Waals surface area contributed by atoms with Gasteiger partial charge in [0, 0.05) is 79.8 Å². The lowest BCUT2D eigenvalue weighted by Crippen LogP contribution is -2.50. The zero-order chi connectivity index (χ0) is 34.0. The first kappa shape index (κ1) is 33.8. The molecule has 11 nitrogen and oxygen atoms in total. The molecule has 2 saturated heterocycles. The third-order valence-electron chi connectivity index (χ3n) is 8.70.